The Morgan fingerprint density at radius 1 is 1.43 bits per heavy atom. The van der Waals surface area contributed by atoms with Gasteiger partial charge in [-0.15, -0.1) is 0 Å². The minimum Gasteiger partial charge on any atom is -0.480 e. The second-order valence-corrected chi connectivity index (χ2v) is 2.68. The largest absolute Gasteiger partial charge is 0.480 e. The molecule has 14 heavy (non-hydrogen) atoms. The van der Waals surface area contributed by atoms with Crippen molar-refractivity contribution >= 4 is 17.8 Å². The summed E-state index contributed by atoms with van der Waals surface area (Å²) in [4.78, 5) is 31.4. The Hall–Kier alpha value is -1.63. The number of amides is 2. The van der Waals surface area contributed by atoms with Crippen molar-refractivity contribution in [1.82, 2.24) is 10.6 Å². The predicted molar refractivity (Wildman–Crippen MR) is 47.1 cm³/mol. The first-order valence-electron chi connectivity index (χ1n) is 3.92. The topological polar surface area (TPSA) is 122 Å². The Labute approximate surface area is 80.6 Å². The molecule has 2 amide bonds. The number of carboxylic acid groups (broad SMARTS) is 1. The molecule has 7 nitrogen and oxygen atoms in total. The lowest BCUT2D eigenvalue weighted by atomic mass is 10.2. The quantitative estimate of drug-likeness (QED) is 0.372. The molecule has 0 heterocycles. The summed E-state index contributed by atoms with van der Waals surface area (Å²) in [7, 11) is 0. The first-order valence-corrected chi connectivity index (χ1v) is 3.92. The van der Waals surface area contributed by atoms with Gasteiger partial charge in [0.2, 0.25) is 11.8 Å². The van der Waals surface area contributed by atoms with Crippen LogP contribution in [-0.4, -0.2) is 35.6 Å². The molecule has 7 heteroatoms. The van der Waals surface area contributed by atoms with Gasteiger partial charge in [0.25, 0.3) is 0 Å². The van der Waals surface area contributed by atoms with Gasteiger partial charge in [-0.3, -0.25) is 19.7 Å². The Kier molecular flexibility index (Phi) is 5.23. The SMILES string of the molecule is CC(=O)NCNC(CC(N)=O)C(=O)O. The zero-order valence-corrected chi connectivity index (χ0v) is 7.74. The molecule has 0 aromatic carbocycles. The Morgan fingerprint density at radius 2 is 2.00 bits per heavy atom. The van der Waals surface area contributed by atoms with E-state index in [1.807, 2.05) is 0 Å². The number of primary amides is 1. The third kappa shape index (κ3) is 5.95. The van der Waals surface area contributed by atoms with Gasteiger partial charge in [0, 0.05) is 6.92 Å². The number of aliphatic carboxylic acids is 1. The first kappa shape index (κ1) is 12.4. The fourth-order valence-corrected chi connectivity index (χ4v) is 0.747. The number of rotatable bonds is 6. The highest BCUT2D eigenvalue weighted by Crippen LogP contribution is 1.89. The molecule has 0 bridgehead atoms. The zero-order chi connectivity index (χ0) is 11.1. The van der Waals surface area contributed by atoms with Crippen molar-refractivity contribution in [2.75, 3.05) is 6.67 Å². The summed E-state index contributed by atoms with van der Waals surface area (Å²) in [6, 6.07) is -1.07. The van der Waals surface area contributed by atoms with E-state index in [0.717, 1.165) is 0 Å². The molecule has 80 valence electrons. The minimum atomic E-state index is -1.19. The summed E-state index contributed by atoms with van der Waals surface area (Å²) in [5, 5.41) is 13.4. The van der Waals surface area contributed by atoms with E-state index >= 15 is 0 Å². The van der Waals surface area contributed by atoms with Crippen LogP contribution in [0.4, 0.5) is 0 Å². The van der Waals surface area contributed by atoms with Gasteiger partial charge in [-0.2, -0.15) is 0 Å². The van der Waals surface area contributed by atoms with Crippen LogP contribution in [-0.2, 0) is 14.4 Å². The molecule has 0 aromatic heterocycles. The van der Waals surface area contributed by atoms with Gasteiger partial charge in [-0.1, -0.05) is 0 Å². The van der Waals surface area contributed by atoms with Crippen LogP contribution in [0, 0.1) is 0 Å². The van der Waals surface area contributed by atoms with E-state index in [-0.39, 0.29) is 19.0 Å². The standard InChI is InChI=1S/C7H13N3O4/c1-4(11)9-3-10-5(7(13)14)2-6(8)12/h5,10H,2-3H2,1H3,(H2,8,12)(H,9,11)(H,13,14). The molecular formula is C7H13N3O4. The van der Waals surface area contributed by atoms with Crippen molar-refractivity contribution in [1.29, 1.82) is 0 Å². The third-order valence-electron chi connectivity index (χ3n) is 1.39. The summed E-state index contributed by atoms with van der Waals surface area (Å²) < 4.78 is 0. The van der Waals surface area contributed by atoms with E-state index in [4.69, 9.17) is 10.8 Å². The molecule has 0 saturated carbocycles. The lowest BCUT2D eigenvalue weighted by Crippen LogP contribution is -2.45. The molecule has 0 spiro atoms. The van der Waals surface area contributed by atoms with Crippen LogP contribution in [0.2, 0.25) is 0 Å². The smallest absolute Gasteiger partial charge is 0.321 e. The Balaban J connectivity index is 3.91. The second-order valence-electron chi connectivity index (χ2n) is 2.68. The zero-order valence-electron chi connectivity index (χ0n) is 7.74. The van der Waals surface area contributed by atoms with Crippen LogP contribution in [0.1, 0.15) is 13.3 Å². The van der Waals surface area contributed by atoms with E-state index in [2.05, 4.69) is 10.6 Å². The molecular weight excluding hydrogens is 190 g/mol. The molecule has 0 aromatic rings. The van der Waals surface area contributed by atoms with Gasteiger partial charge in [0.05, 0.1) is 13.1 Å². The van der Waals surface area contributed by atoms with E-state index in [1.54, 1.807) is 0 Å². The number of nitrogens with one attached hydrogen (secondary N) is 2. The van der Waals surface area contributed by atoms with Crippen LogP contribution < -0.4 is 16.4 Å². The average Bonchev–Trinajstić information content (AvgIpc) is 2.00. The fraction of sp³-hybridized carbons (Fsp3) is 0.571. The van der Waals surface area contributed by atoms with Crippen molar-refractivity contribution in [3.05, 3.63) is 0 Å². The van der Waals surface area contributed by atoms with E-state index in [1.165, 1.54) is 6.92 Å². The van der Waals surface area contributed by atoms with Crippen molar-refractivity contribution in [2.24, 2.45) is 5.73 Å². The molecule has 0 fully saturated rings. The summed E-state index contributed by atoms with van der Waals surface area (Å²) in [6.45, 7) is 1.28. The number of hydrogen-bond acceptors (Lipinski definition) is 4. The van der Waals surface area contributed by atoms with Crippen LogP contribution in [0.25, 0.3) is 0 Å². The van der Waals surface area contributed by atoms with Gasteiger partial charge >= 0.3 is 5.97 Å². The molecule has 0 radical (unpaired) electrons. The normalized spacial score (nSPS) is 11.8. The molecule has 0 rings (SSSR count). The van der Waals surface area contributed by atoms with Crippen LogP contribution in [0.3, 0.4) is 0 Å². The van der Waals surface area contributed by atoms with Crippen LogP contribution >= 0.6 is 0 Å². The molecule has 0 aliphatic carbocycles. The lowest BCUT2D eigenvalue weighted by molar-refractivity contribution is -0.141. The van der Waals surface area contributed by atoms with Gasteiger partial charge in [0.1, 0.15) is 6.04 Å². The Bertz CT molecular complexity index is 241. The highest BCUT2D eigenvalue weighted by atomic mass is 16.4. The molecule has 1 unspecified atom stereocenters. The van der Waals surface area contributed by atoms with Crippen LogP contribution in [0.5, 0.6) is 0 Å². The van der Waals surface area contributed by atoms with Gasteiger partial charge in [-0.25, -0.2) is 0 Å². The summed E-state index contributed by atoms with van der Waals surface area (Å²) in [6.07, 6.45) is -0.311. The number of carboxylic acids is 1. The highest BCUT2D eigenvalue weighted by Gasteiger charge is 2.18. The number of hydrogen-bond donors (Lipinski definition) is 4. The molecule has 1 atom stereocenters. The third-order valence-corrected chi connectivity index (χ3v) is 1.39. The highest BCUT2D eigenvalue weighted by molar-refractivity contribution is 5.83. The van der Waals surface area contributed by atoms with Gasteiger partial charge in [0.15, 0.2) is 0 Å². The maximum absolute atomic E-state index is 10.5. The van der Waals surface area contributed by atoms with E-state index in [9.17, 15) is 14.4 Å². The maximum Gasteiger partial charge on any atom is 0.321 e. The van der Waals surface area contributed by atoms with E-state index < -0.39 is 17.9 Å². The number of carbonyl (C=O) groups excluding carboxylic acids is 2. The predicted octanol–water partition coefficient (Wildman–Crippen LogP) is -2.00. The van der Waals surface area contributed by atoms with Crippen molar-refractivity contribution in [3.63, 3.8) is 0 Å². The second kappa shape index (κ2) is 5.92. The van der Waals surface area contributed by atoms with Gasteiger partial charge in [-0.05, 0) is 0 Å². The van der Waals surface area contributed by atoms with Crippen LogP contribution in [0.15, 0.2) is 0 Å². The Morgan fingerprint density at radius 3 is 2.36 bits per heavy atom. The molecule has 5 N–H and O–H groups in total. The molecule has 0 aliphatic heterocycles. The van der Waals surface area contributed by atoms with E-state index in [0.29, 0.717) is 0 Å². The molecule has 0 saturated heterocycles. The summed E-state index contributed by atoms with van der Waals surface area (Å²) in [5.74, 6) is -2.19. The van der Waals surface area contributed by atoms with Crippen molar-refractivity contribution in [3.8, 4) is 0 Å². The maximum atomic E-state index is 10.5. The number of nitrogens with two attached hydrogens (primary N) is 1. The summed E-state index contributed by atoms with van der Waals surface area (Å²) >= 11 is 0. The fourth-order valence-electron chi connectivity index (χ4n) is 0.747. The number of carbonyl (C=O) groups is 3. The molecule has 0 aliphatic rings. The lowest BCUT2D eigenvalue weighted by Gasteiger charge is -2.12. The average molecular weight is 203 g/mol. The van der Waals surface area contributed by atoms with Crippen molar-refractivity contribution in [2.45, 2.75) is 19.4 Å². The minimum absolute atomic E-state index is 0.0143. The monoisotopic (exact) mass is 203 g/mol. The van der Waals surface area contributed by atoms with Crippen molar-refractivity contribution < 1.29 is 19.5 Å². The first-order chi connectivity index (χ1) is 6.43. The summed E-state index contributed by atoms with van der Waals surface area (Å²) in [5.41, 5.74) is 4.83. The van der Waals surface area contributed by atoms with Gasteiger partial charge < -0.3 is 16.2 Å².